The highest BCUT2D eigenvalue weighted by atomic mass is 35.5. The first-order chi connectivity index (χ1) is 17.3. The van der Waals surface area contributed by atoms with Crippen molar-refractivity contribution in [3.05, 3.63) is 87.9 Å². The minimum atomic E-state index is -0.905. The van der Waals surface area contributed by atoms with Crippen LogP contribution in [0.25, 0.3) is 5.76 Å². The minimum Gasteiger partial charge on any atom is -0.507 e. The van der Waals surface area contributed by atoms with Crippen LogP contribution in [0.1, 0.15) is 29.7 Å². The van der Waals surface area contributed by atoms with Crippen LogP contribution < -0.4 is 19.1 Å². The van der Waals surface area contributed by atoms with E-state index in [1.54, 1.807) is 30.3 Å². The maximum atomic E-state index is 13.4. The van der Waals surface area contributed by atoms with Gasteiger partial charge in [0.2, 0.25) is 0 Å². The number of hydrogen-bond acceptors (Lipinski definition) is 6. The van der Waals surface area contributed by atoms with Gasteiger partial charge in [0.15, 0.2) is 11.5 Å². The van der Waals surface area contributed by atoms with E-state index in [-0.39, 0.29) is 16.9 Å². The highest BCUT2D eigenvalue weighted by Gasteiger charge is 2.47. The summed E-state index contributed by atoms with van der Waals surface area (Å²) < 4.78 is 16.1. The normalized spacial score (nSPS) is 16.8. The molecule has 36 heavy (non-hydrogen) atoms. The average Bonchev–Trinajstić information content (AvgIpc) is 3.17. The number of ketones is 1. The average molecular weight is 508 g/mol. The van der Waals surface area contributed by atoms with Crippen molar-refractivity contribution in [2.75, 3.05) is 26.2 Å². The quantitative estimate of drug-likeness (QED) is 0.256. The van der Waals surface area contributed by atoms with Crippen LogP contribution in [-0.2, 0) is 16.0 Å². The van der Waals surface area contributed by atoms with Gasteiger partial charge in [0, 0.05) is 16.8 Å². The molecule has 3 aromatic carbocycles. The third-order valence-corrected chi connectivity index (χ3v) is 6.45. The van der Waals surface area contributed by atoms with Crippen LogP contribution in [-0.4, -0.2) is 38.1 Å². The third kappa shape index (κ3) is 4.38. The topological polar surface area (TPSA) is 85.3 Å². The molecule has 8 heteroatoms. The summed E-state index contributed by atoms with van der Waals surface area (Å²) in [7, 11) is 4.45. The summed E-state index contributed by atoms with van der Waals surface area (Å²) in [5, 5.41) is 11.8. The molecule has 1 atom stereocenters. The molecule has 0 aromatic heterocycles. The molecule has 1 fully saturated rings. The number of carbonyl (C=O) groups is 2. The highest BCUT2D eigenvalue weighted by Crippen LogP contribution is 2.45. The van der Waals surface area contributed by atoms with Gasteiger partial charge in [0.25, 0.3) is 11.7 Å². The SMILES string of the molecule is CCc1ccc(C2/C(=C(\O)c3cc(Cl)ccc3OC)C(=O)C(=O)N2c2ccc(OC)c(OC)c2)cc1. The predicted octanol–water partition coefficient (Wildman–Crippen LogP) is 5.55. The van der Waals surface area contributed by atoms with Crippen molar-refractivity contribution in [2.45, 2.75) is 19.4 Å². The van der Waals surface area contributed by atoms with E-state index in [4.69, 9.17) is 25.8 Å². The second-order valence-corrected chi connectivity index (χ2v) is 8.58. The number of ether oxygens (including phenoxy) is 3. The fraction of sp³-hybridized carbons (Fsp3) is 0.214. The van der Waals surface area contributed by atoms with Gasteiger partial charge in [-0.05, 0) is 47.9 Å². The van der Waals surface area contributed by atoms with Gasteiger partial charge < -0.3 is 19.3 Å². The molecule has 0 radical (unpaired) electrons. The number of Topliss-reactive ketones (excluding diaryl/α,β-unsaturated/α-hetero) is 1. The van der Waals surface area contributed by atoms with Crippen molar-refractivity contribution in [1.82, 2.24) is 0 Å². The standard InChI is InChI=1S/C28H26ClNO6/c1-5-16-6-8-17(9-7-16)25-24(26(31)20-14-18(29)10-12-21(20)34-2)27(32)28(33)30(25)19-11-13-22(35-3)23(15-19)36-4/h6-15,25,31H,5H2,1-4H3/b26-24+. The zero-order chi connectivity index (χ0) is 26.0. The number of benzene rings is 3. The molecular weight excluding hydrogens is 482 g/mol. The molecule has 1 amide bonds. The molecule has 7 nitrogen and oxygen atoms in total. The van der Waals surface area contributed by atoms with Crippen molar-refractivity contribution < 1.29 is 28.9 Å². The molecule has 1 heterocycles. The maximum absolute atomic E-state index is 13.4. The zero-order valence-corrected chi connectivity index (χ0v) is 21.1. The summed E-state index contributed by atoms with van der Waals surface area (Å²) in [5.74, 6) is -0.795. The van der Waals surface area contributed by atoms with Crippen molar-refractivity contribution in [3.8, 4) is 17.2 Å². The molecule has 1 saturated heterocycles. The van der Waals surface area contributed by atoms with E-state index in [0.717, 1.165) is 12.0 Å². The first kappa shape index (κ1) is 25.1. The van der Waals surface area contributed by atoms with Gasteiger partial charge >= 0.3 is 0 Å². The number of amides is 1. The minimum absolute atomic E-state index is 0.0698. The summed E-state index contributed by atoms with van der Waals surface area (Å²) in [6.07, 6.45) is 0.829. The van der Waals surface area contributed by atoms with Crippen molar-refractivity contribution in [1.29, 1.82) is 0 Å². The van der Waals surface area contributed by atoms with Gasteiger partial charge in [-0.3, -0.25) is 14.5 Å². The number of anilines is 1. The van der Waals surface area contributed by atoms with Crippen LogP contribution in [0.3, 0.4) is 0 Å². The van der Waals surface area contributed by atoms with E-state index < -0.39 is 17.7 Å². The molecular formula is C28H26ClNO6. The zero-order valence-electron chi connectivity index (χ0n) is 20.4. The maximum Gasteiger partial charge on any atom is 0.300 e. The highest BCUT2D eigenvalue weighted by molar-refractivity contribution is 6.51. The molecule has 1 aliphatic heterocycles. The Kier molecular flexibility index (Phi) is 7.22. The van der Waals surface area contributed by atoms with E-state index in [9.17, 15) is 14.7 Å². The molecule has 1 aliphatic rings. The molecule has 0 aliphatic carbocycles. The number of carbonyl (C=O) groups excluding carboxylic acids is 2. The van der Waals surface area contributed by atoms with Crippen LogP contribution in [0.15, 0.2) is 66.2 Å². The van der Waals surface area contributed by atoms with Gasteiger partial charge in [-0.25, -0.2) is 0 Å². The lowest BCUT2D eigenvalue weighted by atomic mass is 9.94. The van der Waals surface area contributed by atoms with Crippen LogP contribution in [0.5, 0.6) is 17.2 Å². The summed E-state index contributed by atoms with van der Waals surface area (Å²) in [5.41, 5.74) is 2.31. The lowest BCUT2D eigenvalue weighted by Gasteiger charge is -2.26. The molecule has 3 aromatic rings. The van der Waals surface area contributed by atoms with Gasteiger partial charge in [-0.2, -0.15) is 0 Å². The Bertz CT molecular complexity index is 1350. The number of aliphatic hydroxyl groups is 1. The van der Waals surface area contributed by atoms with E-state index >= 15 is 0 Å². The summed E-state index contributed by atoms with van der Waals surface area (Å²) in [6, 6.07) is 16.3. The van der Waals surface area contributed by atoms with Gasteiger partial charge in [-0.15, -0.1) is 0 Å². The molecule has 4 rings (SSSR count). The van der Waals surface area contributed by atoms with E-state index in [0.29, 0.717) is 33.5 Å². The molecule has 0 spiro atoms. The largest absolute Gasteiger partial charge is 0.507 e. The Labute approximate surface area is 214 Å². The third-order valence-electron chi connectivity index (χ3n) is 6.21. The Morgan fingerprint density at radius 3 is 2.14 bits per heavy atom. The smallest absolute Gasteiger partial charge is 0.300 e. The lowest BCUT2D eigenvalue weighted by molar-refractivity contribution is -0.132. The fourth-order valence-electron chi connectivity index (χ4n) is 4.33. The number of nitrogens with zero attached hydrogens (tertiary/aromatic N) is 1. The summed E-state index contributed by atoms with van der Waals surface area (Å²) in [6.45, 7) is 2.04. The van der Waals surface area contributed by atoms with E-state index in [1.165, 1.54) is 32.3 Å². The van der Waals surface area contributed by atoms with Crippen molar-refractivity contribution >= 4 is 34.7 Å². The Hall–Kier alpha value is -3.97. The van der Waals surface area contributed by atoms with Crippen molar-refractivity contribution in [3.63, 3.8) is 0 Å². The number of hydrogen-bond donors (Lipinski definition) is 1. The number of rotatable bonds is 7. The number of aryl methyl sites for hydroxylation is 1. The van der Waals surface area contributed by atoms with Gasteiger partial charge in [0.1, 0.15) is 11.5 Å². The van der Waals surface area contributed by atoms with Gasteiger partial charge in [0.05, 0.1) is 38.5 Å². The second-order valence-electron chi connectivity index (χ2n) is 8.15. The molecule has 0 saturated carbocycles. The Morgan fingerprint density at radius 1 is 0.889 bits per heavy atom. The first-order valence-electron chi connectivity index (χ1n) is 11.3. The molecule has 0 bridgehead atoms. The summed E-state index contributed by atoms with van der Waals surface area (Å²) in [4.78, 5) is 28.2. The van der Waals surface area contributed by atoms with Crippen LogP contribution in [0.2, 0.25) is 5.02 Å². The number of halogens is 1. The second kappa shape index (κ2) is 10.3. The first-order valence-corrected chi connectivity index (χ1v) is 11.7. The molecule has 186 valence electrons. The summed E-state index contributed by atoms with van der Waals surface area (Å²) >= 11 is 6.19. The van der Waals surface area contributed by atoms with Crippen LogP contribution >= 0.6 is 11.6 Å². The Balaban J connectivity index is 1.97. The van der Waals surface area contributed by atoms with Crippen molar-refractivity contribution in [2.24, 2.45) is 0 Å². The van der Waals surface area contributed by atoms with E-state index in [2.05, 4.69) is 0 Å². The number of methoxy groups -OCH3 is 3. The van der Waals surface area contributed by atoms with E-state index in [1.807, 2.05) is 31.2 Å². The Morgan fingerprint density at radius 2 is 1.53 bits per heavy atom. The molecule has 1 N–H and O–H groups in total. The van der Waals surface area contributed by atoms with Crippen LogP contribution in [0, 0.1) is 0 Å². The van der Waals surface area contributed by atoms with Gasteiger partial charge in [-0.1, -0.05) is 42.8 Å². The molecule has 1 unspecified atom stereocenters. The monoisotopic (exact) mass is 507 g/mol. The number of aliphatic hydroxyl groups excluding tert-OH is 1. The predicted molar refractivity (Wildman–Crippen MR) is 138 cm³/mol. The lowest BCUT2D eigenvalue weighted by Crippen LogP contribution is -2.29. The van der Waals surface area contributed by atoms with Crippen LogP contribution in [0.4, 0.5) is 5.69 Å². The fourth-order valence-corrected chi connectivity index (χ4v) is 4.51.